The number of urea groups is 1. The number of nitrogens with zero attached hydrogens (tertiary/aromatic N) is 2. The quantitative estimate of drug-likeness (QED) is 0.572. The average Bonchev–Trinajstić information content (AvgIpc) is 3.20. The Bertz CT molecular complexity index is 598. The van der Waals surface area contributed by atoms with Crippen LogP contribution in [0.3, 0.4) is 0 Å². The minimum atomic E-state index is -0.0709. The Morgan fingerprint density at radius 3 is 2.38 bits per heavy atom. The average molecular weight is 360 g/mol. The molecule has 5 rings (SSSR count). The molecule has 0 unspecified atom stereocenters. The number of allylic oxidation sites excluding steroid dienone is 1. The van der Waals surface area contributed by atoms with Crippen molar-refractivity contribution in [3.63, 3.8) is 0 Å². The molecule has 1 saturated carbocycles. The number of hydrogen-bond acceptors (Lipinski definition) is 3. The first-order valence-electron chi connectivity index (χ1n) is 10.4. The van der Waals surface area contributed by atoms with Crippen molar-refractivity contribution in [2.45, 2.75) is 52.4 Å². The summed E-state index contributed by atoms with van der Waals surface area (Å²) in [6, 6.07) is 0.156. The molecular weight excluding hydrogens is 328 g/mol. The largest absolute Gasteiger partial charge is 0.461 e. The molecule has 2 amide bonds. The van der Waals surface area contributed by atoms with E-state index in [-0.39, 0.29) is 17.9 Å². The van der Waals surface area contributed by atoms with Gasteiger partial charge in [0.25, 0.3) is 0 Å². The lowest BCUT2D eigenvalue weighted by molar-refractivity contribution is -0.149. The molecule has 0 radical (unpaired) electrons. The normalized spacial score (nSPS) is 30.6. The molecular formula is C21H32N2O3. The van der Waals surface area contributed by atoms with Crippen molar-refractivity contribution in [2.75, 3.05) is 32.8 Å². The molecule has 5 aliphatic rings. The standard InChI is InChI=1S/C21H32N2O3/c1-21(2)17-6-5-16(18(21)13-17)14-26-19(24)15-7-11-23(12-8-15)20(25)22-9-3-4-10-22/h5,15,17-18H,3-4,6-14H2,1-2H3/t17-,18-/m0/s1. The highest BCUT2D eigenvalue weighted by Crippen LogP contribution is 2.59. The molecule has 2 aliphatic heterocycles. The minimum absolute atomic E-state index is 0.0519. The summed E-state index contributed by atoms with van der Waals surface area (Å²) >= 11 is 0. The van der Waals surface area contributed by atoms with Crippen molar-refractivity contribution in [3.8, 4) is 0 Å². The third kappa shape index (κ3) is 3.14. The van der Waals surface area contributed by atoms with Gasteiger partial charge in [0, 0.05) is 26.2 Å². The lowest BCUT2D eigenvalue weighted by Crippen LogP contribution is -2.49. The van der Waals surface area contributed by atoms with E-state index in [1.54, 1.807) is 0 Å². The van der Waals surface area contributed by atoms with Crippen molar-refractivity contribution in [1.82, 2.24) is 9.80 Å². The predicted molar refractivity (Wildman–Crippen MR) is 99.5 cm³/mol. The molecule has 5 heteroatoms. The Labute approximate surface area is 156 Å². The van der Waals surface area contributed by atoms with Crippen molar-refractivity contribution in [2.24, 2.45) is 23.2 Å². The van der Waals surface area contributed by atoms with Gasteiger partial charge in [0.2, 0.25) is 0 Å². The van der Waals surface area contributed by atoms with E-state index in [0.29, 0.717) is 31.0 Å². The highest BCUT2D eigenvalue weighted by atomic mass is 16.5. The Morgan fingerprint density at radius 2 is 1.77 bits per heavy atom. The van der Waals surface area contributed by atoms with E-state index in [4.69, 9.17) is 4.74 Å². The SMILES string of the molecule is CC1(C)[C@H]2CC=C(COC(=O)C3CCN(C(=O)N4CCCC4)CC3)[C@@H]1C2. The minimum Gasteiger partial charge on any atom is -0.461 e. The second-order valence-corrected chi connectivity index (χ2v) is 9.17. The fourth-order valence-corrected chi connectivity index (χ4v) is 5.33. The maximum absolute atomic E-state index is 12.5. The van der Waals surface area contributed by atoms with Gasteiger partial charge in [-0.15, -0.1) is 0 Å². The van der Waals surface area contributed by atoms with Crippen LogP contribution in [0, 0.1) is 23.2 Å². The van der Waals surface area contributed by atoms with Crippen molar-refractivity contribution >= 4 is 12.0 Å². The number of fused-ring (bicyclic) bond motifs is 1. The van der Waals surface area contributed by atoms with Crippen LogP contribution in [0.1, 0.15) is 52.4 Å². The maximum atomic E-state index is 12.5. The van der Waals surface area contributed by atoms with E-state index < -0.39 is 0 Å². The number of carbonyl (C=O) groups excluding carboxylic acids is 2. The molecule has 5 nitrogen and oxygen atoms in total. The molecule has 144 valence electrons. The molecule has 3 aliphatic carbocycles. The highest BCUT2D eigenvalue weighted by Gasteiger charge is 2.51. The van der Waals surface area contributed by atoms with Gasteiger partial charge in [-0.2, -0.15) is 0 Å². The number of piperidine rings is 1. The Balaban J connectivity index is 1.23. The van der Waals surface area contributed by atoms with Crippen LogP contribution in [0.15, 0.2) is 11.6 Å². The first-order chi connectivity index (χ1) is 12.5. The summed E-state index contributed by atoms with van der Waals surface area (Å²) in [7, 11) is 0. The first-order valence-corrected chi connectivity index (χ1v) is 10.4. The van der Waals surface area contributed by atoms with Gasteiger partial charge in [0.15, 0.2) is 0 Å². The Kier molecular flexibility index (Phi) is 4.74. The van der Waals surface area contributed by atoms with Crippen LogP contribution >= 0.6 is 0 Å². The van der Waals surface area contributed by atoms with Crippen molar-refractivity contribution in [3.05, 3.63) is 11.6 Å². The monoisotopic (exact) mass is 360 g/mol. The van der Waals surface area contributed by atoms with Gasteiger partial charge >= 0.3 is 12.0 Å². The molecule has 26 heavy (non-hydrogen) atoms. The number of likely N-dealkylation sites (tertiary alicyclic amines) is 2. The van der Waals surface area contributed by atoms with Crippen LogP contribution in [0.25, 0.3) is 0 Å². The molecule has 0 aromatic rings. The fraction of sp³-hybridized carbons (Fsp3) is 0.810. The van der Waals surface area contributed by atoms with E-state index in [0.717, 1.165) is 51.1 Å². The lowest BCUT2D eigenvalue weighted by Gasteiger charge is -2.56. The van der Waals surface area contributed by atoms with Crippen LogP contribution in [0.5, 0.6) is 0 Å². The third-order valence-corrected chi connectivity index (χ3v) is 7.44. The molecule has 0 aromatic carbocycles. The molecule has 3 fully saturated rings. The van der Waals surface area contributed by atoms with Crippen LogP contribution < -0.4 is 0 Å². The summed E-state index contributed by atoms with van der Waals surface area (Å²) < 4.78 is 5.68. The van der Waals surface area contributed by atoms with Gasteiger partial charge < -0.3 is 14.5 Å². The molecule has 2 atom stereocenters. The van der Waals surface area contributed by atoms with E-state index in [1.165, 1.54) is 12.0 Å². The molecule has 2 bridgehead atoms. The second kappa shape index (κ2) is 6.90. The molecule has 2 saturated heterocycles. The van der Waals surface area contributed by atoms with Crippen LogP contribution in [0.2, 0.25) is 0 Å². The number of carbonyl (C=O) groups is 2. The molecule has 2 heterocycles. The van der Waals surface area contributed by atoms with Gasteiger partial charge in [-0.25, -0.2) is 4.79 Å². The van der Waals surface area contributed by atoms with E-state index in [2.05, 4.69) is 19.9 Å². The van der Waals surface area contributed by atoms with Gasteiger partial charge in [-0.05, 0) is 61.3 Å². The summed E-state index contributed by atoms with van der Waals surface area (Å²) in [4.78, 5) is 28.8. The summed E-state index contributed by atoms with van der Waals surface area (Å²) in [6.07, 6.45) is 8.38. The van der Waals surface area contributed by atoms with Gasteiger partial charge in [-0.3, -0.25) is 4.79 Å². The zero-order valence-electron chi connectivity index (χ0n) is 16.2. The zero-order valence-corrected chi connectivity index (χ0v) is 16.2. The second-order valence-electron chi connectivity index (χ2n) is 9.17. The highest BCUT2D eigenvalue weighted by molar-refractivity contribution is 5.76. The van der Waals surface area contributed by atoms with Gasteiger partial charge in [0.05, 0.1) is 5.92 Å². The smallest absolute Gasteiger partial charge is 0.319 e. The molecule has 0 aromatic heterocycles. The summed E-state index contributed by atoms with van der Waals surface area (Å²) in [5, 5.41) is 0. The van der Waals surface area contributed by atoms with Crippen molar-refractivity contribution < 1.29 is 14.3 Å². The summed E-state index contributed by atoms with van der Waals surface area (Å²) in [5.41, 5.74) is 1.70. The number of hydrogen-bond donors (Lipinski definition) is 0. The topological polar surface area (TPSA) is 49.9 Å². The van der Waals surface area contributed by atoms with Gasteiger partial charge in [0.1, 0.15) is 6.61 Å². The van der Waals surface area contributed by atoms with Crippen LogP contribution in [-0.2, 0) is 9.53 Å². The molecule has 0 spiro atoms. The summed E-state index contributed by atoms with van der Waals surface area (Å²) in [5.74, 6) is 1.28. The number of rotatable bonds is 3. The third-order valence-electron chi connectivity index (χ3n) is 7.44. The number of ether oxygens (including phenoxy) is 1. The number of amides is 2. The van der Waals surface area contributed by atoms with E-state index in [9.17, 15) is 9.59 Å². The lowest BCUT2D eigenvalue weighted by atomic mass is 9.49. The Hall–Kier alpha value is -1.52. The van der Waals surface area contributed by atoms with Crippen LogP contribution in [-0.4, -0.2) is 54.6 Å². The van der Waals surface area contributed by atoms with Crippen LogP contribution in [0.4, 0.5) is 4.79 Å². The van der Waals surface area contributed by atoms with Gasteiger partial charge in [-0.1, -0.05) is 19.9 Å². The predicted octanol–water partition coefficient (Wildman–Crippen LogP) is 3.45. The Morgan fingerprint density at radius 1 is 1.12 bits per heavy atom. The van der Waals surface area contributed by atoms with Crippen molar-refractivity contribution in [1.29, 1.82) is 0 Å². The number of esters is 1. The fourth-order valence-electron chi connectivity index (χ4n) is 5.33. The summed E-state index contributed by atoms with van der Waals surface area (Å²) in [6.45, 7) is 8.26. The maximum Gasteiger partial charge on any atom is 0.319 e. The first kappa shape index (κ1) is 17.9. The van der Waals surface area contributed by atoms with E-state index >= 15 is 0 Å². The zero-order chi connectivity index (χ0) is 18.3. The van der Waals surface area contributed by atoms with E-state index in [1.807, 2.05) is 9.80 Å². The molecule has 0 N–H and O–H groups in total.